The van der Waals surface area contributed by atoms with Crippen LogP contribution in [0.3, 0.4) is 0 Å². The fraction of sp³-hybridized carbons (Fsp3) is 0.217. The summed E-state index contributed by atoms with van der Waals surface area (Å²) in [7, 11) is 0. The van der Waals surface area contributed by atoms with E-state index in [1.54, 1.807) is 11.1 Å². The number of aromatic nitrogens is 1. The minimum absolute atomic E-state index is 0.00485. The van der Waals surface area contributed by atoms with Gasteiger partial charge >= 0.3 is 0 Å². The molecule has 0 radical (unpaired) electrons. The summed E-state index contributed by atoms with van der Waals surface area (Å²) < 4.78 is 0. The van der Waals surface area contributed by atoms with Crippen LogP contribution in [-0.2, 0) is 6.54 Å². The fourth-order valence-corrected chi connectivity index (χ4v) is 3.35. The molecule has 0 aliphatic carbocycles. The Balaban J connectivity index is 2.01. The van der Waals surface area contributed by atoms with Crippen LogP contribution in [0.25, 0.3) is 11.1 Å². The third kappa shape index (κ3) is 4.77. The molecule has 0 saturated carbocycles. The Morgan fingerprint density at radius 1 is 1.07 bits per heavy atom. The van der Waals surface area contributed by atoms with Gasteiger partial charge in [-0.2, -0.15) is 0 Å². The number of pyridine rings is 1. The van der Waals surface area contributed by atoms with Crippen LogP contribution < -0.4 is 0 Å². The van der Waals surface area contributed by atoms with E-state index in [-0.39, 0.29) is 23.6 Å². The van der Waals surface area contributed by atoms with Crippen molar-refractivity contribution in [1.29, 1.82) is 0 Å². The van der Waals surface area contributed by atoms with Gasteiger partial charge in [-0.3, -0.25) is 4.79 Å². The topological polar surface area (TPSA) is 53.4 Å². The van der Waals surface area contributed by atoms with Crippen LogP contribution in [0.15, 0.2) is 72.9 Å². The van der Waals surface area contributed by atoms with Crippen molar-refractivity contribution in [2.75, 3.05) is 13.2 Å². The zero-order chi connectivity index (χ0) is 19.9. The number of aliphatic hydroxyl groups excluding tert-OH is 1. The van der Waals surface area contributed by atoms with Crippen LogP contribution in [0.2, 0.25) is 5.15 Å². The zero-order valence-electron chi connectivity index (χ0n) is 15.8. The lowest BCUT2D eigenvalue weighted by Crippen LogP contribution is -2.35. The van der Waals surface area contributed by atoms with Gasteiger partial charge in [-0.25, -0.2) is 4.98 Å². The van der Waals surface area contributed by atoms with Gasteiger partial charge in [0, 0.05) is 25.9 Å². The van der Waals surface area contributed by atoms with Crippen LogP contribution >= 0.6 is 11.6 Å². The highest BCUT2D eigenvalue weighted by molar-refractivity contribution is 6.33. The molecule has 144 valence electrons. The van der Waals surface area contributed by atoms with E-state index in [9.17, 15) is 9.90 Å². The van der Waals surface area contributed by atoms with Crippen molar-refractivity contribution in [2.45, 2.75) is 13.5 Å². The van der Waals surface area contributed by atoms with Gasteiger partial charge in [-0.05, 0) is 28.7 Å². The summed E-state index contributed by atoms with van der Waals surface area (Å²) in [5.74, 6) is -0.246. The number of rotatable bonds is 7. The molecule has 1 amide bonds. The highest BCUT2D eigenvalue weighted by Crippen LogP contribution is 2.29. The standard InChI is InChI=1S/C23H23ClN2O2/c1-17(16-27)14-26(15-18-8-4-2-5-9-18)23(28)21-20(12-13-25-22(21)24)19-10-6-3-7-11-19/h2-13,17,27H,14-16H2,1H3/t17-/m1/s1. The molecule has 1 atom stereocenters. The van der Waals surface area contributed by atoms with Gasteiger partial charge < -0.3 is 10.0 Å². The Kier molecular flexibility index (Phi) is 6.80. The van der Waals surface area contributed by atoms with Gasteiger partial charge in [0.15, 0.2) is 0 Å². The normalized spacial score (nSPS) is 11.8. The summed E-state index contributed by atoms with van der Waals surface area (Å²) >= 11 is 6.38. The number of amides is 1. The minimum atomic E-state index is -0.193. The summed E-state index contributed by atoms with van der Waals surface area (Å²) in [6.45, 7) is 2.77. The number of nitrogens with zero attached hydrogens (tertiary/aromatic N) is 2. The number of benzene rings is 2. The van der Waals surface area contributed by atoms with Crippen LogP contribution in [0.4, 0.5) is 0 Å². The van der Waals surface area contributed by atoms with E-state index < -0.39 is 0 Å². The molecule has 2 aromatic carbocycles. The van der Waals surface area contributed by atoms with E-state index >= 15 is 0 Å². The van der Waals surface area contributed by atoms with Crippen molar-refractivity contribution in [2.24, 2.45) is 5.92 Å². The molecule has 5 heteroatoms. The van der Waals surface area contributed by atoms with Gasteiger partial charge in [0.25, 0.3) is 5.91 Å². The summed E-state index contributed by atoms with van der Waals surface area (Å²) in [6, 6.07) is 21.3. The smallest absolute Gasteiger partial charge is 0.257 e. The molecule has 0 spiro atoms. The largest absolute Gasteiger partial charge is 0.396 e. The SMILES string of the molecule is C[C@@H](CO)CN(Cc1ccccc1)C(=O)c1c(-c2ccccc2)ccnc1Cl. The number of carbonyl (C=O) groups excluding carboxylic acids is 1. The van der Waals surface area contributed by atoms with Crippen LogP contribution in [0.1, 0.15) is 22.8 Å². The summed E-state index contributed by atoms with van der Waals surface area (Å²) in [6.07, 6.45) is 1.61. The maximum absolute atomic E-state index is 13.5. The summed E-state index contributed by atoms with van der Waals surface area (Å²) in [5, 5.41) is 9.69. The lowest BCUT2D eigenvalue weighted by atomic mass is 10.00. The average Bonchev–Trinajstić information content (AvgIpc) is 2.74. The first kappa shape index (κ1) is 20.1. The molecule has 0 unspecified atom stereocenters. The predicted octanol–water partition coefficient (Wildman–Crippen LogP) is 4.67. The van der Waals surface area contributed by atoms with Gasteiger partial charge in [-0.1, -0.05) is 79.2 Å². The number of hydrogen-bond donors (Lipinski definition) is 1. The van der Waals surface area contributed by atoms with Crippen molar-refractivity contribution in [3.8, 4) is 11.1 Å². The molecular formula is C23H23ClN2O2. The molecule has 4 nitrogen and oxygen atoms in total. The highest BCUT2D eigenvalue weighted by Gasteiger charge is 2.24. The molecule has 0 fully saturated rings. The first-order chi connectivity index (χ1) is 13.6. The third-order valence-electron chi connectivity index (χ3n) is 4.55. The van der Waals surface area contributed by atoms with E-state index in [0.717, 1.165) is 16.7 Å². The maximum Gasteiger partial charge on any atom is 0.257 e. The van der Waals surface area contributed by atoms with Gasteiger partial charge in [-0.15, -0.1) is 0 Å². The molecular weight excluding hydrogens is 372 g/mol. The molecule has 28 heavy (non-hydrogen) atoms. The van der Waals surface area contributed by atoms with Crippen molar-refractivity contribution in [3.05, 3.63) is 89.2 Å². The number of carbonyl (C=O) groups is 1. The van der Waals surface area contributed by atoms with E-state index in [1.165, 1.54) is 0 Å². The van der Waals surface area contributed by atoms with Crippen molar-refractivity contribution >= 4 is 17.5 Å². The van der Waals surface area contributed by atoms with Crippen molar-refractivity contribution in [3.63, 3.8) is 0 Å². The molecule has 0 saturated heterocycles. The van der Waals surface area contributed by atoms with Crippen LogP contribution in [-0.4, -0.2) is 34.0 Å². The molecule has 0 aliphatic heterocycles. The third-order valence-corrected chi connectivity index (χ3v) is 4.84. The van der Waals surface area contributed by atoms with Crippen molar-refractivity contribution in [1.82, 2.24) is 9.88 Å². The lowest BCUT2D eigenvalue weighted by Gasteiger charge is -2.26. The van der Waals surface area contributed by atoms with Crippen LogP contribution in [0, 0.1) is 5.92 Å². The van der Waals surface area contributed by atoms with E-state index in [2.05, 4.69) is 4.98 Å². The quantitative estimate of drug-likeness (QED) is 0.592. The molecule has 1 aromatic heterocycles. The molecule has 1 N–H and O–H groups in total. The van der Waals surface area contributed by atoms with Gasteiger partial charge in [0.2, 0.25) is 0 Å². The Hall–Kier alpha value is -2.69. The Bertz CT molecular complexity index is 916. The zero-order valence-corrected chi connectivity index (χ0v) is 16.5. The molecule has 0 aliphatic rings. The molecule has 3 rings (SSSR count). The van der Waals surface area contributed by atoms with E-state index in [1.807, 2.05) is 73.7 Å². The molecule has 0 bridgehead atoms. The van der Waals surface area contributed by atoms with E-state index in [0.29, 0.717) is 18.7 Å². The number of hydrogen-bond acceptors (Lipinski definition) is 3. The fourth-order valence-electron chi connectivity index (χ4n) is 3.11. The van der Waals surface area contributed by atoms with Gasteiger partial charge in [0.1, 0.15) is 5.15 Å². The summed E-state index contributed by atoms with van der Waals surface area (Å²) in [5.41, 5.74) is 3.06. The first-order valence-electron chi connectivity index (χ1n) is 9.24. The number of halogens is 1. The first-order valence-corrected chi connectivity index (χ1v) is 9.62. The van der Waals surface area contributed by atoms with Crippen LogP contribution in [0.5, 0.6) is 0 Å². The maximum atomic E-state index is 13.5. The van der Waals surface area contributed by atoms with E-state index in [4.69, 9.17) is 11.6 Å². The second-order valence-corrected chi connectivity index (χ2v) is 7.21. The second kappa shape index (κ2) is 9.49. The average molecular weight is 395 g/mol. The monoisotopic (exact) mass is 394 g/mol. The summed E-state index contributed by atoms with van der Waals surface area (Å²) in [4.78, 5) is 19.4. The molecule has 1 heterocycles. The molecule has 3 aromatic rings. The Labute approximate surface area is 170 Å². The highest BCUT2D eigenvalue weighted by atomic mass is 35.5. The second-order valence-electron chi connectivity index (χ2n) is 6.85. The Morgan fingerprint density at radius 3 is 2.36 bits per heavy atom. The van der Waals surface area contributed by atoms with Gasteiger partial charge in [0.05, 0.1) is 5.56 Å². The Morgan fingerprint density at radius 2 is 1.71 bits per heavy atom. The lowest BCUT2D eigenvalue weighted by molar-refractivity contribution is 0.0695. The predicted molar refractivity (Wildman–Crippen MR) is 112 cm³/mol. The minimum Gasteiger partial charge on any atom is -0.396 e. The van der Waals surface area contributed by atoms with Crippen molar-refractivity contribution < 1.29 is 9.90 Å². The number of aliphatic hydroxyl groups is 1.